The third-order valence-electron chi connectivity index (χ3n) is 2.29. The molecule has 0 saturated carbocycles. The van der Waals surface area contributed by atoms with E-state index in [9.17, 15) is 0 Å². The van der Waals surface area contributed by atoms with Crippen molar-refractivity contribution in [1.82, 2.24) is 0 Å². The summed E-state index contributed by atoms with van der Waals surface area (Å²) in [6.45, 7) is 0. The summed E-state index contributed by atoms with van der Waals surface area (Å²) in [7, 11) is 0. The summed E-state index contributed by atoms with van der Waals surface area (Å²) in [5.74, 6) is 0. The zero-order chi connectivity index (χ0) is 12.4. The molecular formula is C12H6AlCl4. The summed E-state index contributed by atoms with van der Waals surface area (Å²) in [5.41, 5.74) is 0. The molecule has 0 aliphatic rings. The molecule has 0 bridgehead atoms. The maximum absolute atomic E-state index is 6.13. The zero-order valence-electron chi connectivity index (χ0n) is 8.55. The van der Waals surface area contributed by atoms with Crippen molar-refractivity contribution < 1.29 is 0 Å². The van der Waals surface area contributed by atoms with Crippen LogP contribution in [0, 0.1) is 0 Å². The fraction of sp³-hybridized carbons (Fsp3) is 0. The molecule has 0 amide bonds. The number of benzene rings is 2. The predicted molar refractivity (Wildman–Crippen MR) is 77.9 cm³/mol. The van der Waals surface area contributed by atoms with Crippen molar-refractivity contribution in [2.45, 2.75) is 0 Å². The van der Waals surface area contributed by atoms with Gasteiger partial charge in [0.2, 0.25) is 0 Å². The van der Waals surface area contributed by atoms with Gasteiger partial charge in [0.25, 0.3) is 0 Å². The summed E-state index contributed by atoms with van der Waals surface area (Å²) in [6, 6.07) is 10.9. The van der Waals surface area contributed by atoms with E-state index in [-0.39, 0.29) is 15.2 Å². The van der Waals surface area contributed by atoms with Crippen molar-refractivity contribution in [3.8, 4) is 0 Å². The van der Waals surface area contributed by atoms with Crippen LogP contribution in [-0.2, 0) is 0 Å². The second-order valence-electron chi connectivity index (χ2n) is 3.42. The largest absolute Gasteiger partial charge is 0.308 e. The van der Waals surface area contributed by atoms with E-state index in [0.717, 1.165) is 8.85 Å². The van der Waals surface area contributed by atoms with Crippen LogP contribution < -0.4 is 8.85 Å². The van der Waals surface area contributed by atoms with Gasteiger partial charge in [0.15, 0.2) is 0 Å². The van der Waals surface area contributed by atoms with Crippen LogP contribution in [0.4, 0.5) is 0 Å². The highest BCUT2D eigenvalue weighted by Crippen LogP contribution is 2.16. The minimum Gasteiger partial charge on any atom is -0.0856 e. The third kappa shape index (κ3) is 3.12. The van der Waals surface area contributed by atoms with Gasteiger partial charge in [0, 0.05) is 20.1 Å². The molecule has 2 aromatic carbocycles. The average molecular weight is 319 g/mol. The van der Waals surface area contributed by atoms with Gasteiger partial charge in [0.1, 0.15) is 0 Å². The first-order chi connectivity index (χ1) is 8.09. The Balaban J connectivity index is 2.45. The SMILES string of the molecule is Clc1cccc(Cl)[c]1[Al][c]1c(Cl)cccc1Cl. The van der Waals surface area contributed by atoms with Crippen LogP contribution in [0.1, 0.15) is 0 Å². The lowest BCUT2D eigenvalue weighted by molar-refractivity contribution is 1.74. The number of halogens is 4. The molecule has 2 aromatic rings. The van der Waals surface area contributed by atoms with Crippen LogP contribution in [0.5, 0.6) is 0 Å². The smallest absolute Gasteiger partial charge is 0.0856 e. The van der Waals surface area contributed by atoms with Gasteiger partial charge in [-0.3, -0.25) is 0 Å². The molecule has 0 nitrogen and oxygen atoms in total. The van der Waals surface area contributed by atoms with Crippen molar-refractivity contribution >= 4 is 70.5 Å². The normalized spacial score (nSPS) is 10.4. The highest BCUT2D eigenvalue weighted by Gasteiger charge is 2.13. The van der Waals surface area contributed by atoms with Gasteiger partial charge in [-0.1, -0.05) is 67.4 Å². The van der Waals surface area contributed by atoms with Crippen LogP contribution in [0.25, 0.3) is 0 Å². The average Bonchev–Trinajstić information content (AvgIpc) is 2.27. The molecule has 1 radical (unpaired) electrons. The summed E-state index contributed by atoms with van der Waals surface area (Å²) < 4.78 is 1.84. The number of hydrogen-bond acceptors (Lipinski definition) is 0. The lowest BCUT2D eigenvalue weighted by Gasteiger charge is -2.09. The Kier molecular flexibility index (Phi) is 4.67. The van der Waals surface area contributed by atoms with E-state index in [1.165, 1.54) is 0 Å². The lowest BCUT2D eigenvalue weighted by atomic mass is 10.3. The molecule has 0 unspecified atom stereocenters. The van der Waals surface area contributed by atoms with Crippen LogP contribution in [0.2, 0.25) is 20.1 Å². The molecule has 0 N–H and O–H groups in total. The van der Waals surface area contributed by atoms with E-state index in [1.807, 2.05) is 36.4 Å². The van der Waals surface area contributed by atoms with Gasteiger partial charge in [-0.2, -0.15) is 0 Å². The third-order valence-corrected chi connectivity index (χ3v) is 6.16. The van der Waals surface area contributed by atoms with E-state index in [0.29, 0.717) is 20.1 Å². The molecule has 0 aromatic heterocycles. The van der Waals surface area contributed by atoms with Gasteiger partial charge in [-0.25, -0.2) is 0 Å². The van der Waals surface area contributed by atoms with E-state index >= 15 is 0 Å². The van der Waals surface area contributed by atoms with Crippen molar-refractivity contribution in [2.24, 2.45) is 0 Å². The second kappa shape index (κ2) is 5.85. The number of hydrogen-bond donors (Lipinski definition) is 0. The van der Waals surface area contributed by atoms with Crippen molar-refractivity contribution in [3.63, 3.8) is 0 Å². The molecule has 0 aliphatic carbocycles. The predicted octanol–water partition coefficient (Wildman–Crippen LogP) is 3.96. The quantitative estimate of drug-likeness (QED) is 0.735. The molecule has 0 fully saturated rings. The molecule has 0 saturated heterocycles. The van der Waals surface area contributed by atoms with Gasteiger partial charge in [0.05, 0.1) is 0 Å². The van der Waals surface area contributed by atoms with Crippen LogP contribution >= 0.6 is 46.4 Å². The van der Waals surface area contributed by atoms with Gasteiger partial charge < -0.3 is 0 Å². The Hall–Kier alpha value is 0.132. The van der Waals surface area contributed by atoms with Gasteiger partial charge in [-0.15, -0.1) is 0 Å². The highest BCUT2D eigenvalue weighted by atomic mass is 35.5. The van der Waals surface area contributed by atoms with Crippen LogP contribution in [0.3, 0.4) is 0 Å². The Morgan fingerprint density at radius 3 is 1.18 bits per heavy atom. The zero-order valence-corrected chi connectivity index (χ0v) is 12.7. The Morgan fingerprint density at radius 1 is 0.588 bits per heavy atom. The molecule has 2 rings (SSSR count). The van der Waals surface area contributed by atoms with Gasteiger partial charge >= 0.3 is 15.2 Å². The van der Waals surface area contributed by atoms with E-state index < -0.39 is 0 Å². The fourth-order valence-electron chi connectivity index (χ4n) is 1.44. The van der Waals surface area contributed by atoms with E-state index in [4.69, 9.17) is 46.4 Å². The lowest BCUT2D eigenvalue weighted by Crippen LogP contribution is -2.30. The highest BCUT2D eigenvalue weighted by molar-refractivity contribution is 6.76. The van der Waals surface area contributed by atoms with Crippen LogP contribution in [-0.4, -0.2) is 15.2 Å². The standard InChI is InChI=1S/2C6H3Cl2.Al/c2*7-5-2-1-3-6(8)4-5;/h2*1-3H;. The van der Waals surface area contributed by atoms with E-state index in [1.54, 1.807) is 0 Å². The minimum atomic E-state index is -0.317. The molecule has 85 valence electrons. The Labute approximate surface area is 126 Å². The summed E-state index contributed by atoms with van der Waals surface area (Å²) in [6.07, 6.45) is 0. The fourth-order valence-corrected chi connectivity index (χ4v) is 4.12. The monoisotopic (exact) mass is 317 g/mol. The van der Waals surface area contributed by atoms with Gasteiger partial charge in [-0.05, 0) is 24.3 Å². The molecule has 0 aliphatic heterocycles. The summed E-state index contributed by atoms with van der Waals surface area (Å²) >= 11 is 24.2. The van der Waals surface area contributed by atoms with Crippen LogP contribution in [0.15, 0.2) is 36.4 Å². The van der Waals surface area contributed by atoms with Crippen molar-refractivity contribution in [3.05, 3.63) is 56.5 Å². The molecule has 5 heteroatoms. The minimum absolute atomic E-state index is 0.317. The first-order valence-electron chi connectivity index (χ1n) is 4.82. The van der Waals surface area contributed by atoms with E-state index in [2.05, 4.69) is 0 Å². The molecular weight excluding hydrogens is 313 g/mol. The maximum Gasteiger partial charge on any atom is 0.308 e. The topological polar surface area (TPSA) is 0 Å². The first-order valence-corrected chi connectivity index (χ1v) is 7.49. The second-order valence-corrected chi connectivity index (χ2v) is 6.49. The molecule has 17 heavy (non-hydrogen) atoms. The van der Waals surface area contributed by atoms with Crippen molar-refractivity contribution in [1.29, 1.82) is 0 Å². The molecule has 0 spiro atoms. The molecule has 0 heterocycles. The maximum atomic E-state index is 6.13. The number of rotatable bonds is 2. The molecule has 0 atom stereocenters. The summed E-state index contributed by atoms with van der Waals surface area (Å²) in [4.78, 5) is 0. The first kappa shape index (κ1) is 13.6. The Bertz CT molecular complexity index is 464. The summed E-state index contributed by atoms with van der Waals surface area (Å²) in [5, 5.41) is 2.62. The Morgan fingerprint density at radius 2 is 0.882 bits per heavy atom. The van der Waals surface area contributed by atoms with Crippen molar-refractivity contribution in [2.75, 3.05) is 0 Å².